The summed E-state index contributed by atoms with van der Waals surface area (Å²) < 4.78 is 26.9. The summed E-state index contributed by atoms with van der Waals surface area (Å²) in [7, 11) is 0. The molecule has 1 aromatic carbocycles. The highest BCUT2D eigenvalue weighted by atomic mass is 19.1. The Morgan fingerprint density at radius 1 is 1.19 bits per heavy atom. The van der Waals surface area contributed by atoms with E-state index < -0.39 is 17.5 Å². The highest BCUT2D eigenvalue weighted by Crippen LogP contribution is 2.21. The molecule has 1 aromatic heterocycles. The van der Waals surface area contributed by atoms with Crippen molar-refractivity contribution in [3.63, 3.8) is 0 Å². The molecule has 0 atom stereocenters. The second-order valence-corrected chi connectivity index (χ2v) is 4.02. The summed E-state index contributed by atoms with van der Waals surface area (Å²) in [4.78, 5) is 11.6. The van der Waals surface area contributed by atoms with Gasteiger partial charge in [0.05, 0.1) is 0 Å². The fourth-order valence-corrected chi connectivity index (χ4v) is 1.52. The zero-order chi connectivity index (χ0) is 15.2. The van der Waals surface area contributed by atoms with Gasteiger partial charge in [0.1, 0.15) is 17.3 Å². The monoisotopic (exact) mass is 290 g/mol. The predicted octanol–water partition coefficient (Wildman–Crippen LogP) is 2.41. The number of benzene rings is 1. The van der Waals surface area contributed by atoms with Crippen molar-refractivity contribution in [1.82, 2.24) is 15.5 Å². The topological polar surface area (TPSA) is 66.9 Å². The second-order valence-electron chi connectivity index (χ2n) is 4.02. The molecule has 7 heteroatoms. The molecule has 0 aliphatic heterocycles. The van der Waals surface area contributed by atoms with Crippen LogP contribution in [0.1, 0.15) is 10.5 Å². The molecule has 0 aliphatic carbocycles. The van der Waals surface area contributed by atoms with Gasteiger partial charge in [-0.25, -0.2) is 8.78 Å². The van der Waals surface area contributed by atoms with Crippen LogP contribution in [-0.4, -0.2) is 22.6 Å². The van der Waals surface area contributed by atoms with Gasteiger partial charge >= 0.3 is 0 Å². The molecule has 0 aliphatic rings. The van der Waals surface area contributed by atoms with Gasteiger partial charge in [-0.15, -0.1) is 16.8 Å². The molecule has 0 fully saturated rings. The number of aromatic nitrogens is 2. The van der Waals surface area contributed by atoms with E-state index in [-0.39, 0.29) is 17.2 Å². The quantitative estimate of drug-likeness (QED) is 0.830. The maximum absolute atomic E-state index is 13.5. The highest BCUT2D eigenvalue weighted by molar-refractivity contribution is 5.92. The molecule has 1 heterocycles. The van der Waals surface area contributed by atoms with Gasteiger partial charge in [-0.2, -0.15) is 0 Å². The van der Waals surface area contributed by atoms with E-state index in [9.17, 15) is 13.6 Å². The van der Waals surface area contributed by atoms with Gasteiger partial charge in [-0.05, 0) is 24.3 Å². The van der Waals surface area contributed by atoms with Gasteiger partial charge in [0.25, 0.3) is 5.91 Å². The molecule has 2 aromatic rings. The summed E-state index contributed by atoms with van der Waals surface area (Å²) in [5, 5.41) is 12.4. The predicted molar refractivity (Wildman–Crippen MR) is 74.2 cm³/mol. The number of rotatable bonds is 5. The maximum Gasteiger partial charge on any atom is 0.272 e. The zero-order valence-electron chi connectivity index (χ0n) is 10.9. The fraction of sp³-hybridized carbons (Fsp3) is 0.0714. The fourth-order valence-electron chi connectivity index (χ4n) is 1.52. The second kappa shape index (κ2) is 6.56. The van der Waals surface area contributed by atoms with Gasteiger partial charge in [0.2, 0.25) is 0 Å². The first kappa shape index (κ1) is 14.6. The van der Waals surface area contributed by atoms with Crippen LogP contribution in [0.2, 0.25) is 0 Å². The number of nitrogens with one attached hydrogen (secondary N) is 2. The Morgan fingerprint density at radius 2 is 1.90 bits per heavy atom. The van der Waals surface area contributed by atoms with Crippen LogP contribution in [0, 0.1) is 11.6 Å². The first-order valence-corrected chi connectivity index (χ1v) is 6.05. The smallest absolute Gasteiger partial charge is 0.272 e. The standard InChI is InChI=1S/C14H12F2N4O/c1-2-8-17-14(21)11-6-7-12(20-19-11)18-13-9(15)4-3-5-10(13)16/h2-7H,1,8H2,(H,17,21)(H,18,20). The molecule has 21 heavy (non-hydrogen) atoms. The molecule has 0 spiro atoms. The van der Waals surface area contributed by atoms with Gasteiger partial charge in [-0.1, -0.05) is 12.1 Å². The number of halogens is 2. The molecule has 2 N–H and O–H groups in total. The lowest BCUT2D eigenvalue weighted by molar-refractivity contribution is 0.0952. The number of anilines is 2. The molecule has 0 unspecified atom stereocenters. The number of hydrogen-bond acceptors (Lipinski definition) is 4. The van der Waals surface area contributed by atoms with Crippen LogP contribution < -0.4 is 10.6 Å². The van der Waals surface area contributed by atoms with E-state index in [1.54, 1.807) is 0 Å². The Balaban J connectivity index is 2.12. The van der Waals surface area contributed by atoms with Crippen molar-refractivity contribution < 1.29 is 13.6 Å². The average molecular weight is 290 g/mol. The van der Waals surface area contributed by atoms with Crippen LogP contribution in [0.15, 0.2) is 43.0 Å². The number of para-hydroxylation sites is 1. The molecule has 108 valence electrons. The lowest BCUT2D eigenvalue weighted by atomic mass is 10.3. The van der Waals surface area contributed by atoms with Crippen LogP contribution in [0.25, 0.3) is 0 Å². The first-order valence-electron chi connectivity index (χ1n) is 6.05. The normalized spacial score (nSPS) is 10.0. The van der Waals surface area contributed by atoms with Crippen LogP contribution in [0.3, 0.4) is 0 Å². The third kappa shape index (κ3) is 3.59. The van der Waals surface area contributed by atoms with Crippen LogP contribution in [0.5, 0.6) is 0 Å². The number of amides is 1. The van der Waals surface area contributed by atoms with Crippen molar-refractivity contribution >= 4 is 17.4 Å². The Morgan fingerprint density at radius 3 is 2.48 bits per heavy atom. The minimum absolute atomic E-state index is 0.0939. The van der Waals surface area contributed by atoms with E-state index >= 15 is 0 Å². The van der Waals surface area contributed by atoms with Gasteiger partial charge in [-0.3, -0.25) is 4.79 Å². The average Bonchev–Trinajstić information content (AvgIpc) is 2.49. The van der Waals surface area contributed by atoms with Crippen LogP contribution in [-0.2, 0) is 0 Å². The summed E-state index contributed by atoms with van der Waals surface area (Å²) in [6, 6.07) is 6.30. The molecule has 0 bridgehead atoms. The Hall–Kier alpha value is -2.83. The molecule has 5 nitrogen and oxygen atoms in total. The van der Waals surface area contributed by atoms with E-state index in [0.717, 1.165) is 12.1 Å². The van der Waals surface area contributed by atoms with E-state index in [4.69, 9.17) is 0 Å². The van der Waals surface area contributed by atoms with Gasteiger partial charge in [0.15, 0.2) is 11.5 Å². The van der Waals surface area contributed by atoms with Crippen molar-refractivity contribution in [3.8, 4) is 0 Å². The van der Waals surface area contributed by atoms with Crippen molar-refractivity contribution in [3.05, 3.63) is 60.3 Å². The molecular formula is C14H12F2N4O. The van der Waals surface area contributed by atoms with Gasteiger partial charge < -0.3 is 10.6 Å². The molecule has 0 radical (unpaired) electrons. The van der Waals surface area contributed by atoms with Crippen LogP contribution in [0.4, 0.5) is 20.3 Å². The lowest BCUT2D eigenvalue weighted by Gasteiger charge is -2.07. The lowest BCUT2D eigenvalue weighted by Crippen LogP contribution is -2.24. The van der Waals surface area contributed by atoms with Crippen LogP contribution >= 0.6 is 0 Å². The first-order chi connectivity index (χ1) is 10.1. The Bertz CT molecular complexity index is 638. The minimum atomic E-state index is -0.746. The summed E-state index contributed by atoms with van der Waals surface area (Å²) in [6.07, 6.45) is 1.53. The Labute approximate surface area is 119 Å². The van der Waals surface area contributed by atoms with E-state index in [1.807, 2.05) is 0 Å². The number of nitrogens with zero attached hydrogens (tertiary/aromatic N) is 2. The highest BCUT2D eigenvalue weighted by Gasteiger charge is 2.11. The SMILES string of the molecule is C=CCNC(=O)c1ccc(Nc2c(F)cccc2F)nn1. The minimum Gasteiger partial charge on any atom is -0.347 e. The van der Waals surface area contributed by atoms with Crippen molar-refractivity contribution in [1.29, 1.82) is 0 Å². The number of carbonyl (C=O) groups excluding carboxylic acids is 1. The van der Waals surface area contributed by atoms with Crippen molar-refractivity contribution in [2.75, 3.05) is 11.9 Å². The van der Waals surface area contributed by atoms with Gasteiger partial charge in [0, 0.05) is 6.54 Å². The summed E-state index contributed by atoms with van der Waals surface area (Å²) in [5.74, 6) is -1.78. The summed E-state index contributed by atoms with van der Waals surface area (Å²) in [6.45, 7) is 3.78. The van der Waals surface area contributed by atoms with Crippen molar-refractivity contribution in [2.24, 2.45) is 0 Å². The third-order valence-electron chi connectivity index (χ3n) is 2.52. The molecule has 0 saturated heterocycles. The number of hydrogen-bond donors (Lipinski definition) is 2. The molecular weight excluding hydrogens is 278 g/mol. The largest absolute Gasteiger partial charge is 0.347 e. The van der Waals surface area contributed by atoms with Crippen molar-refractivity contribution in [2.45, 2.75) is 0 Å². The molecule has 0 saturated carbocycles. The number of carbonyl (C=O) groups is 1. The van der Waals surface area contributed by atoms with E-state index in [2.05, 4.69) is 27.4 Å². The zero-order valence-corrected chi connectivity index (χ0v) is 10.9. The van der Waals surface area contributed by atoms with E-state index in [1.165, 1.54) is 24.3 Å². The Kier molecular flexibility index (Phi) is 4.55. The van der Waals surface area contributed by atoms with E-state index in [0.29, 0.717) is 6.54 Å². The maximum atomic E-state index is 13.5. The summed E-state index contributed by atoms with van der Waals surface area (Å²) in [5.41, 5.74) is -0.230. The molecule has 1 amide bonds. The molecule has 2 rings (SSSR count). The summed E-state index contributed by atoms with van der Waals surface area (Å²) >= 11 is 0. The third-order valence-corrected chi connectivity index (χ3v) is 2.52.